The number of nitrogens with zero attached hydrogens (tertiary/aromatic N) is 2. The largest absolute Gasteiger partial charge is 0.356 e. The van der Waals surface area contributed by atoms with E-state index in [1.54, 1.807) is 24.3 Å². The molecule has 0 atom stereocenters. The van der Waals surface area contributed by atoms with E-state index in [4.69, 9.17) is 4.52 Å². The average molecular weight is 274 g/mol. The topological polar surface area (TPSA) is 46.3 Å². The molecular weight excluding hydrogens is 259 g/mol. The fourth-order valence-electron chi connectivity index (χ4n) is 2.42. The molecule has 1 saturated heterocycles. The number of aromatic nitrogens is 1. The van der Waals surface area contributed by atoms with Crippen molar-refractivity contribution in [3.63, 3.8) is 0 Å². The van der Waals surface area contributed by atoms with E-state index >= 15 is 0 Å². The highest BCUT2D eigenvalue weighted by Gasteiger charge is 2.20. The van der Waals surface area contributed by atoms with Gasteiger partial charge in [0.15, 0.2) is 5.76 Å². The van der Waals surface area contributed by atoms with Gasteiger partial charge in [-0.05, 0) is 25.0 Å². The first-order valence-corrected chi connectivity index (χ1v) is 6.72. The summed E-state index contributed by atoms with van der Waals surface area (Å²) < 4.78 is 18.8. The summed E-state index contributed by atoms with van der Waals surface area (Å²) in [7, 11) is 0. The summed E-state index contributed by atoms with van der Waals surface area (Å²) in [6.07, 6.45) is 2.33. The Morgan fingerprint density at radius 3 is 2.80 bits per heavy atom. The molecule has 0 radical (unpaired) electrons. The van der Waals surface area contributed by atoms with Gasteiger partial charge in [0, 0.05) is 19.2 Å². The third kappa shape index (κ3) is 2.57. The molecule has 1 aromatic heterocycles. The highest BCUT2D eigenvalue weighted by atomic mass is 19.1. The van der Waals surface area contributed by atoms with Crippen LogP contribution in [0.15, 0.2) is 34.9 Å². The summed E-state index contributed by atoms with van der Waals surface area (Å²) in [5.74, 6) is 0.0456. The highest BCUT2D eigenvalue weighted by molar-refractivity contribution is 5.78. The molecule has 0 aliphatic carbocycles. The molecule has 20 heavy (non-hydrogen) atoms. The molecule has 0 spiro atoms. The molecule has 5 heteroatoms. The zero-order valence-corrected chi connectivity index (χ0v) is 11.0. The second kappa shape index (κ2) is 5.45. The summed E-state index contributed by atoms with van der Waals surface area (Å²) in [5, 5.41) is 3.86. The van der Waals surface area contributed by atoms with E-state index in [0.29, 0.717) is 17.0 Å². The number of amides is 1. The van der Waals surface area contributed by atoms with Crippen molar-refractivity contribution in [2.45, 2.75) is 19.3 Å². The highest BCUT2D eigenvalue weighted by Crippen LogP contribution is 2.23. The van der Waals surface area contributed by atoms with Crippen molar-refractivity contribution in [1.82, 2.24) is 10.1 Å². The summed E-state index contributed by atoms with van der Waals surface area (Å²) in [6.45, 7) is 1.63. The Balaban J connectivity index is 1.74. The molecule has 0 unspecified atom stereocenters. The maximum Gasteiger partial charge on any atom is 0.228 e. The van der Waals surface area contributed by atoms with E-state index < -0.39 is 0 Å². The molecule has 1 aromatic carbocycles. The van der Waals surface area contributed by atoms with Gasteiger partial charge in [0.05, 0.1) is 17.7 Å². The zero-order valence-electron chi connectivity index (χ0n) is 11.0. The number of halogens is 1. The molecule has 2 heterocycles. The lowest BCUT2D eigenvalue weighted by atomic mass is 10.1. The minimum absolute atomic E-state index is 0.0517. The van der Waals surface area contributed by atoms with E-state index in [1.165, 1.54) is 6.07 Å². The minimum atomic E-state index is -0.360. The van der Waals surface area contributed by atoms with E-state index in [1.807, 2.05) is 4.90 Å². The van der Waals surface area contributed by atoms with Crippen molar-refractivity contribution in [3.8, 4) is 11.3 Å². The molecule has 1 amide bonds. The normalized spacial score (nSPS) is 14.8. The van der Waals surface area contributed by atoms with Crippen molar-refractivity contribution >= 4 is 5.91 Å². The van der Waals surface area contributed by atoms with Crippen LogP contribution >= 0.6 is 0 Å². The summed E-state index contributed by atoms with van der Waals surface area (Å²) >= 11 is 0. The third-order valence-electron chi connectivity index (χ3n) is 3.49. The average Bonchev–Trinajstić information content (AvgIpc) is 3.10. The number of rotatable bonds is 3. The summed E-state index contributed by atoms with van der Waals surface area (Å²) in [4.78, 5) is 13.8. The number of hydrogen-bond donors (Lipinski definition) is 0. The van der Waals surface area contributed by atoms with Crippen LogP contribution in [0.5, 0.6) is 0 Å². The minimum Gasteiger partial charge on any atom is -0.356 e. The molecular formula is C15H15FN2O2. The van der Waals surface area contributed by atoms with E-state index in [0.717, 1.165) is 25.9 Å². The predicted octanol–water partition coefficient (Wildman–Crippen LogP) is 2.65. The van der Waals surface area contributed by atoms with E-state index in [-0.39, 0.29) is 18.1 Å². The number of likely N-dealkylation sites (tertiary alicyclic amines) is 1. The van der Waals surface area contributed by atoms with E-state index in [9.17, 15) is 9.18 Å². The van der Waals surface area contributed by atoms with Gasteiger partial charge in [-0.25, -0.2) is 4.39 Å². The predicted molar refractivity (Wildman–Crippen MR) is 71.4 cm³/mol. The first kappa shape index (κ1) is 12.8. The fourth-order valence-corrected chi connectivity index (χ4v) is 2.42. The maximum atomic E-state index is 13.6. The van der Waals surface area contributed by atoms with Gasteiger partial charge in [0.1, 0.15) is 5.82 Å². The van der Waals surface area contributed by atoms with Crippen LogP contribution in [0, 0.1) is 5.82 Å². The molecule has 4 nitrogen and oxygen atoms in total. The van der Waals surface area contributed by atoms with Gasteiger partial charge in [-0.15, -0.1) is 0 Å². The number of hydrogen-bond acceptors (Lipinski definition) is 3. The monoisotopic (exact) mass is 274 g/mol. The van der Waals surface area contributed by atoms with Crippen molar-refractivity contribution in [2.24, 2.45) is 0 Å². The van der Waals surface area contributed by atoms with Gasteiger partial charge in [0.25, 0.3) is 0 Å². The van der Waals surface area contributed by atoms with Gasteiger partial charge in [-0.1, -0.05) is 17.3 Å². The lowest BCUT2D eigenvalue weighted by Gasteiger charge is -2.13. The van der Waals surface area contributed by atoms with Crippen LogP contribution in [0.3, 0.4) is 0 Å². The van der Waals surface area contributed by atoms with Gasteiger partial charge < -0.3 is 9.42 Å². The Labute approximate surface area is 116 Å². The van der Waals surface area contributed by atoms with Crippen LogP contribution in [0.2, 0.25) is 0 Å². The Morgan fingerprint density at radius 2 is 2.05 bits per heavy atom. The maximum absolute atomic E-state index is 13.6. The van der Waals surface area contributed by atoms with Gasteiger partial charge in [0.2, 0.25) is 5.91 Å². The van der Waals surface area contributed by atoms with Crippen LogP contribution in [-0.2, 0) is 11.2 Å². The number of benzene rings is 1. The second-order valence-corrected chi connectivity index (χ2v) is 4.93. The van der Waals surface area contributed by atoms with Crippen LogP contribution in [0.1, 0.15) is 18.5 Å². The third-order valence-corrected chi connectivity index (χ3v) is 3.49. The van der Waals surface area contributed by atoms with Crippen LogP contribution in [0.25, 0.3) is 11.3 Å². The zero-order chi connectivity index (χ0) is 13.9. The summed E-state index contributed by atoms with van der Waals surface area (Å²) in [5.41, 5.74) is 0.903. The lowest BCUT2D eigenvalue weighted by Crippen LogP contribution is -2.29. The van der Waals surface area contributed by atoms with Crippen molar-refractivity contribution < 1.29 is 13.7 Å². The molecule has 3 rings (SSSR count). The molecule has 0 saturated carbocycles. The van der Waals surface area contributed by atoms with Crippen molar-refractivity contribution in [3.05, 3.63) is 41.8 Å². The van der Waals surface area contributed by atoms with Crippen LogP contribution in [-0.4, -0.2) is 29.1 Å². The standard InChI is InChI=1S/C15H15FN2O2/c16-13-6-2-1-5-12(13)14-9-11(17-20-14)10-15(19)18-7-3-4-8-18/h1-2,5-6,9H,3-4,7-8,10H2. The molecule has 1 fully saturated rings. The first-order chi connectivity index (χ1) is 9.74. The first-order valence-electron chi connectivity index (χ1n) is 6.72. The number of carbonyl (C=O) groups is 1. The Hall–Kier alpha value is -2.17. The van der Waals surface area contributed by atoms with Gasteiger partial charge in [-0.2, -0.15) is 0 Å². The fraction of sp³-hybridized carbons (Fsp3) is 0.333. The van der Waals surface area contributed by atoms with Gasteiger partial charge in [-0.3, -0.25) is 4.79 Å². The summed E-state index contributed by atoms with van der Waals surface area (Å²) in [6, 6.07) is 7.98. The van der Waals surface area contributed by atoms with E-state index in [2.05, 4.69) is 5.16 Å². The SMILES string of the molecule is O=C(Cc1cc(-c2ccccc2F)on1)N1CCCC1. The Bertz CT molecular complexity index is 618. The Morgan fingerprint density at radius 1 is 1.30 bits per heavy atom. The smallest absolute Gasteiger partial charge is 0.228 e. The number of carbonyl (C=O) groups excluding carboxylic acids is 1. The van der Waals surface area contributed by atoms with Crippen molar-refractivity contribution in [2.75, 3.05) is 13.1 Å². The quantitative estimate of drug-likeness (QED) is 0.864. The molecule has 1 aliphatic rings. The van der Waals surface area contributed by atoms with Crippen molar-refractivity contribution in [1.29, 1.82) is 0 Å². The van der Waals surface area contributed by atoms with Crippen LogP contribution < -0.4 is 0 Å². The molecule has 104 valence electrons. The lowest BCUT2D eigenvalue weighted by molar-refractivity contribution is -0.129. The second-order valence-electron chi connectivity index (χ2n) is 4.93. The molecule has 0 bridgehead atoms. The molecule has 2 aromatic rings. The van der Waals surface area contributed by atoms with Gasteiger partial charge >= 0.3 is 0 Å². The molecule has 1 aliphatic heterocycles. The van der Waals surface area contributed by atoms with Crippen LogP contribution in [0.4, 0.5) is 4.39 Å². The Kier molecular flexibility index (Phi) is 3.50. The molecule has 0 N–H and O–H groups in total.